The van der Waals surface area contributed by atoms with Gasteiger partial charge < -0.3 is 15.0 Å². The first-order valence-electron chi connectivity index (χ1n) is 9.34. The van der Waals surface area contributed by atoms with Crippen LogP contribution in [0.3, 0.4) is 0 Å². The molecule has 4 rings (SSSR count). The topological polar surface area (TPSA) is 54.5 Å². The molecule has 0 spiro atoms. The lowest BCUT2D eigenvalue weighted by atomic mass is 9.52. The fraction of sp³-hybridized carbons (Fsp3) is 0.600. The summed E-state index contributed by atoms with van der Waals surface area (Å²) in [6.07, 6.45) is 2.30. The molecule has 1 N–H and O–H groups in total. The Labute approximate surface area is 158 Å². The van der Waals surface area contributed by atoms with E-state index in [-0.39, 0.29) is 24.0 Å². The van der Waals surface area contributed by atoms with Crippen LogP contribution in [0.15, 0.2) is 18.2 Å². The van der Waals surface area contributed by atoms with Crippen LogP contribution in [0, 0.1) is 18.3 Å². The van der Waals surface area contributed by atoms with Crippen LogP contribution in [0.2, 0.25) is 0 Å². The van der Waals surface area contributed by atoms with Gasteiger partial charge in [0.2, 0.25) is 5.91 Å². The monoisotopic (exact) mass is 373 g/mol. The number of aromatic nitrogens is 1. The van der Waals surface area contributed by atoms with Crippen molar-refractivity contribution in [2.75, 3.05) is 25.2 Å². The fourth-order valence-electron chi connectivity index (χ4n) is 5.00. The van der Waals surface area contributed by atoms with E-state index in [9.17, 15) is 4.79 Å². The average Bonchev–Trinajstić information content (AvgIpc) is 3.05. The molecule has 1 saturated heterocycles. The molecule has 1 aromatic carbocycles. The third-order valence-electron chi connectivity index (χ3n) is 6.11. The lowest BCUT2D eigenvalue weighted by Gasteiger charge is -2.64. The number of benzene rings is 1. The number of ether oxygens (including phenoxy) is 1. The molecular formula is C20H27N3O2S. The van der Waals surface area contributed by atoms with Crippen LogP contribution in [0.25, 0.3) is 10.2 Å². The molecule has 2 fully saturated rings. The van der Waals surface area contributed by atoms with E-state index in [1.165, 1.54) is 10.3 Å². The summed E-state index contributed by atoms with van der Waals surface area (Å²) in [5.41, 5.74) is 2.40. The standard InChI is InChI=1S/C20H27N3O2S/c1-12-7-5-9-14-16(12)26-19(21-14)23-10-6-8-13-17(20(2,3)18(13)23)22-15(24)11-25-4/h5,7,9,13,17-18H,6,8,10-11H2,1-4H3,(H,22,24). The Morgan fingerprint density at radius 3 is 3.00 bits per heavy atom. The number of amides is 1. The van der Waals surface area contributed by atoms with Crippen molar-refractivity contribution in [1.29, 1.82) is 0 Å². The summed E-state index contributed by atoms with van der Waals surface area (Å²) < 4.78 is 6.27. The van der Waals surface area contributed by atoms with Crippen molar-refractivity contribution in [2.45, 2.75) is 45.7 Å². The van der Waals surface area contributed by atoms with E-state index in [4.69, 9.17) is 9.72 Å². The Hall–Kier alpha value is -1.66. The van der Waals surface area contributed by atoms with Gasteiger partial charge >= 0.3 is 0 Å². The fourth-order valence-corrected chi connectivity index (χ4v) is 6.09. The summed E-state index contributed by atoms with van der Waals surface area (Å²) in [6, 6.07) is 6.95. The molecule has 1 amide bonds. The van der Waals surface area contributed by atoms with E-state index in [1.807, 2.05) is 0 Å². The molecule has 3 unspecified atom stereocenters. The molecule has 1 aliphatic heterocycles. The number of carbonyl (C=O) groups is 1. The molecule has 26 heavy (non-hydrogen) atoms. The molecule has 140 valence electrons. The summed E-state index contributed by atoms with van der Waals surface area (Å²) in [5.74, 6) is 0.462. The normalized spacial score (nSPS) is 27.1. The minimum absolute atomic E-state index is 0.0153. The molecule has 1 aliphatic carbocycles. The summed E-state index contributed by atoms with van der Waals surface area (Å²) in [7, 11) is 1.56. The number of methoxy groups -OCH3 is 1. The van der Waals surface area contributed by atoms with Crippen LogP contribution < -0.4 is 10.2 Å². The molecule has 6 heteroatoms. The molecule has 2 heterocycles. The Morgan fingerprint density at radius 2 is 2.27 bits per heavy atom. The lowest BCUT2D eigenvalue weighted by molar-refractivity contribution is -0.131. The molecule has 1 aromatic heterocycles. The average molecular weight is 374 g/mol. The highest BCUT2D eigenvalue weighted by atomic mass is 32.1. The predicted octanol–water partition coefficient (Wildman–Crippen LogP) is 3.36. The number of piperidine rings is 1. The molecule has 2 aromatic rings. The Balaban J connectivity index is 1.61. The van der Waals surface area contributed by atoms with Crippen LogP contribution in [0.5, 0.6) is 0 Å². The number of anilines is 1. The molecule has 0 bridgehead atoms. The second-order valence-corrected chi connectivity index (χ2v) is 9.14. The second kappa shape index (κ2) is 6.50. The van der Waals surface area contributed by atoms with Crippen molar-refractivity contribution in [2.24, 2.45) is 11.3 Å². The molecule has 3 atom stereocenters. The maximum absolute atomic E-state index is 12.1. The maximum Gasteiger partial charge on any atom is 0.246 e. The van der Waals surface area contributed by atoms with Crippen LogP contribution in [-0.4, -0.2) is 43.2 Å². The van der Waals surface area contributed by atoms with Gasteiger partial charge in [0, 0.05) is 37.1 Å². The number of fused-ring (bicyclic) bond motifs is 2. The first kappa shape index (κ1) is 17.7. The van der Waals surface area contributed by atoms with Gasteiger partial charge in [-0.3, -0.25) is 4.79 Å². The van der Waals surface area contributed by atoms with Crippen LogP contribution >= 0.6 is 11.3 Å². The van der Waals surface area contributed by atoms with E-state index in [1.54, 1.807) is 18.4 Å². The van der Waals surface area contributed by atoms with Gasteiger partial charge in [-0.15, -0.1) is 0 Å². The third kappa shape index (κ3) is 2.70. The van der Waals surface area contributed by atoms with Crippen molar-refractivity contribution in [1.82, 2.24) is 10.3 Å². The number of carbonyl (C=O) groups excluding carboxylic acids is 1. The predicted molar refractivity (Wildman–Crippen MR) is 106 cm³/mol. The Morgan fingerprint density at radius 1 is 1.46 bits per heavy atom. The highest BCUT2D eigenvalue weighted by Gasteiger charge is 2.60. The molecule has 2 aliphatic rings. The van der Waals surface area contributed by atoms with Gasteiger partial charge in [-0.05, 0) is 31.4 Å². The van der Waals surface area contributed by atoms with Gasteiger partial charge in [-0.1, -0.05) is 37.3 Å². The van der Waals surface area contributed by atoms with Gasteiger partial charge in [0.15, 0.2) is 5.13 Å². The second-order valence-electron chi connectivity index (χ2n) is 8.16. The van der Waals surface area contributed by atoms with Crippen molar-refractivity contribution in [3.63, 3.8) is 0 Å². The number of rotatable bonds is 4. The molecular weight excluding hydrogens is 346 g/mol. The zero-order valence-electron chi connectivity index (χ0n) is 15.9. The summed E-state index contributed by atoms with van der Waals surface area (Å²) >= 11 is 1.80. The quantitative estimate of drug-likeness (QED) is 0.893. The number of hydrogen-bond donors (Lipinski definition) is 1. The minimum Gasteiger partial charge on any atom is -0.375 e. The largest absolute Gasteiger partial charge is 0.375 e. The zero-order chi connectivity index (χ0) is 18.5. The van der Waals surface area contributed by atoms with Gasteiger partial charge in [0.25, 0.3) is 0 Å². The molecule has 0 radical (unpaired) electrons. The van der Waals surface area contributed by atoms with E-state index in [0.29, 0.717) is 12.0 Å². The van der Waals surface area contributed by atoms with Crippen molar-refractivity contribution in [3.05, 3.63) is 23.8 Å². The summed E-state index contributed by atoms with van der Waals surface area (Å²) in [5, 5.41) is 4.33. The van der Waals surface area contributed by atoms with E-state index in [0.717, 1.165) is 30.0 Å². The van der Waals surface area contributed by atoms with Crippen LogP contribution in [0.4, 0.5) is 5.13 Å². The summed E-state index contributed by atoms with van der Waals surface area (Å²) in [4.78, 5) is 19.5. The van der Waals surface area contributed by atoms with E-state index in [2.05, 4.69) is 49.2 Å². The van der Waals surface area contributed by atoms with Gasteiger partial charge in [0.1, 0.15) is 6.61 Å². The first-order chi connectivity index (χ1) is 12.4. The highest BCUT2D eigenvalue weighted by Crippen LogP contribution is 2.54. The number of aryl methyl sites for hydroxylation is 1. The number of thiazole rings is 1. The number of hydrogen-bond acceptors (Lipinski definition) is 5. The van der Waals surface area contributed by atoms with Gasteiger partial charge in [-0.25, -0.2) is 4.98 Å². The van der Waals surface area contributed by atoms with E-state index < -0.39 is 0 Å². The summed E-state index contributed by atoms with van der Waals surface area (Å²) in [6.45, 7) is 7.86. The van der Waals surface area contributed by atoms with Crippen LogP contribution in [0.1, 0.15) is 32.3 Å². The molecule has 1 saturated carbocycles. The minimum atomic E-state index is -0.0169. The van der Waals surface area contributed by atoms with Crippen molar-refractivity contribution < 1.29 is 9.53 Å². The Bertz CT molecular complexity index is 832. The first-order valence-corrected chi connectivity index (χ1v) is 10.2. The maximum atomic E-state index is 12.1. The SMILES string of the molecule is COCC(=O)NC1C2CCCN(c3nc4cccc(C)c4s3)C2C1(C)C. The van der Waals surface area contributed by atoms with E-state index >= 15 is 0 Å². The van der Waals surface area contributed by atoms with Crippen molar-refractivity contribution in [3.8, 4) is 0 Å². The highest BCUT2D eigenvalue weighted by molar-refractivity contribution is 7.22. The van der Waals surface area contributed by atoms with Gasteiger partial charge in [-0.2, -0.15) is 0 Å². The lowest BCUT2D eigenvalue weighted by Crippen LogP contribution is -2.75. The number of nitrogens with zero attached hydrogens (tertiary/aromatic N) is 2. The smallest absolute Gasteiger partial charge is 0.246 e. The van der Waals surface area contributed by atoms with Crippen LogP contribution in [-0.2, 0) is 9.53 Å². The zero-order valence-corrected chi connectivity index (χ0v) is 16.7. The third-order valence-corrected chi connectivity index (χ3v) is 7.35. The Kier molecular flexibility index (Phi) is 4.43. The van der Waals surface area contributed by atoms with Crippen molar-refractivity contribution >= 4 is 32.6 Å². The van der Waals surface area contributed by atoms with Gasteiger partial charge in [0.05, 0.1) is 10.2 Å². The number of nitrogens with one attached hydrogen (secondary N) is 1. The molecule has 5 nitrogen and oxygen atoms in total.